The van der Waals surface area contributed by atoms with Gasteiger partial charge in [-0.1, -0.05) is 74.9 Å². The molecule has 0 atom stereocenters. The molecule has 1 amide bonds. The van der Waals surface area contributed by atoms with E-state index in [9.17, 15) is 4.79 Å². The molecule has 1 N–H and O–H groups in total. The van der Waals surface area contributed by atoms with Gasteiger partial charge in [-0.3, -0.25) is 14.6 Å². The molecule has 0 spiro atoms. The highest BCUT2D eigenvalue weighted by atomic mass is 16.3. The summed E-state index contributed by atoms with van der Waals surface area (Å²) in [5.74, 6) is 0.380. The number of nitrogens with zero attached hydrogens (tertiary/aromatic N) is 3. The summed E-state index contributed by atoms with van der Waals surface area (Å²) in [6, 6.07) is 17.1. The van der Waals surface area contributed by atoms with E-state index >= 15 is 0 Å². The second kappa shape index (κ2) is 10.5. The number of oxazole rings is 1. The van der Waals surface area contributed by atoms with Gasteiger partial charge in [0.15, 0.2) is 5.69 Å². The quantitative estimate of drug-likeness (QED) is 0.561. The molecule has 0 radical (unpaired) electrons. The number of hydrogen-bond donors (Lipinski definition) is 1. The lowest BCUT2D eigenvalue weighted by molar-refractivity contribution is 0.0945. The number of aromatic nitrogens is 1. The van der Waals surface area contributed by atoms with Crippen LogP contribution in [0.4, 0.5) is 0 Å². The van der Waals surface area contributed by atoms with Crippen molar-refractivity contribution in [3.63, 3.8) is 0 Å². The Morgan fingerprint density at radius 1 is 0.971 bits per heavy atom. The first-order valence-electron chi connectivity index (χ1n) is 12.1. The summed E-state index contributed by atoms with van der Waals surface area (Å²) in [6.07, 6.45) is 1.46. The number of rotatable bonds is 7. The summed E-state index contributed by atoms with van der Waals surface area (Å²) < 4.78 is 5.59. The maximum atomic E-state index is 12.4. The highest BCUT2D eigenvalue weighted by Gasteiger charge is 2.20. The van der Waals surface area contributed by atoms with E-state index in [0.717, 1.165) is 38.3 Å². The van der Waals surface area contributed by atoms with Gasteiger partial charge in [0, 0.05) is 39.3 Å². The standard InChI is InChI=1S/C28H36N4O2/c1-21-6-5-7-23(16-21)17-29-27(33)25-20-34-26(30-25)19-32-14-12-31(13-15-32)18-22-8-10-24(11-9-22)28(2,3)4/h5-11,16,20H,12-15,17-19H2,1-4H3,(H,29,33). The molecule has 6 heteroatoms. The molecule has 0 unspecified atom stereocenters. The van der Waals surface area contributed by atoms with E-state index in [-0.39, 0.29) is 11.3 Å². The first-order valence-corrected chi connectivity index (χ1v) is 12.1. The van der Waals surface area contributed by atoms with Crippen molar-refractivity contribution in [3.05, 3.63) is 88.6 Å². The van der Waals surface area contributed by atoms with Gasteiger partial charge >= 0.3 is 0 Å². The largest absolute Gasteiger partial charge is 0.447 e. The monoisotopic (exact) mass is 460 g/mol. The molecule has 2 heterocycles. The van der Waals surface area contributed by atoms with E-state index in [1.165, 1.54) is 23.0 Å². The van der Waals surface area contributed by atoms with Crippen LogP contribution in [0, 0.1) is 6.92 Å². The molecule has 1 fully saturated rings. The normalized spacial score (nSPS) is 15.4. The fraction of sp³-hybridized carbons (Fsp3) is 0.429. The second-order valence-electron chi connectivity index (χ2n) is 10.3. The lowest BCUT2D eigenvalue weighted by Crippen LogP contribution is -2.45. The number of nitrogens with one attached hydrogen (secondary N) is 1. The predicted molar refractivity (Wildman–Crippen MR) is 135 cm³/mol. The lowest BCUT2D eigenvalue weighted by atomic mass is 9.87. The zero-order valence-electron chi connectivity index (χ0n) is 20.8. The minimum atomic E-state index is -0.209. The van der Waals surface area contributed by atoms with Crippen LogP contribution in [-0.2, 0) is 25.0 Å². The van der Waals surface area contributed by atoms with Crippen molar-refractivity contribution in [1.29, 1.82) is 0 Å². The molecule has 34 heavy (non-hydrogen) atoms. The van der Waals surface area contributed by atoms with E-state index in [4.69, 9.17) is 4.42 Å². The number of amides is 1. The predicted octanol–water partition coefficient (Wildman–Crippen LogP) is 4.53. The molecule has 6 nitrogen and oxygen atoms in total. The molecular formula is C28H36N4O2. The average molecular weight is 461 g/mol. The molecule has 0 saturated carbocycles. The number of carbonyl (C=O) groups excluding carboxylic acids is 1. The van der Waals surface area contributed by atoms with Crippen molar-refractivity contribution < 1.29 is 9.21 Å². The molecule has 3 aromatic rings. The van der Waals surface area contributed by atoms with Crippen LogP contribution < -0.4 is 5.32 Å². The summed E-state index contributed by atoms with van der Waals surface area (Å²) in [5, 5.41) is 2.92. The molecule has 1 aliphatic heterocycles. The zero-order valence-corrected chi connectivity index (χ0v) is 20.8. The Morgan fingerprint density at radius 3 is 2.29 bits per heavy atom. The van der Waals surface area contributed by atoms with Crippen molar-refractivity contribution >= 4 is 5.91 Å². The van der Waals surface area contributed by atoms with Gasteiger partial charge in [0.1, 0.15) is 6.26 Å². The fourth-order valence-corrected chi connectivity index (χ4v) is 4.25. The summed E-state index contributed by atoms with van der Waals surface area (Å²) in [7, 11) is 0. The number of aryl methyl sites for hydroxylation is 1. The Balaban J connectivity index is 1.22. The zero-order chi connectivity index (χ0) is 24.1. The summed E-state index contributed by atoms with van der Waals surface area (Å²) >= 11 is 0. The minimum absolute atomic E-state index is 0.186. The Hall–Kier alpha value is -2.96. The third kappa shape index (κ3) is 6.55. The van der Waals surface area contributed by atoms with Crippen LogP contribution in [0.1, 0.15) is 59.4 Å². The van der Waals surface area contributed by atoms with Crippen LogP contribution >= 0.6 is 0 Å². The van der Waals surface area contributed by atoms with Gasteiger partial charge in [0.2, 0.25) is 5.89 Å². The summed E-state index contributed by atoms with van der Waals surface area (Å²) in [4.78, 5) is 21.7. The third-order valence-electron chi connectivity index (χ3n) is 6.37. The maximum Gasteiger partial charge on any atom is 0.273 e. The van der Waals surface area contributed by atoms with Gasteiger partial charge in [0.25, 0.3) is 5.91 Å². The Bertz CT molecular complexity index is 1090. The number of piperazine rings is 1. The van der Waals surface area contributed by atoms with Crippen LogP contribution in [0.15, 0.2) is 59.2 Å². The molecule has 0 bridgehead atoms. The van der Waals surface area contributed by atoms with E-state index in [1.54, 1.807) is 0 Å². The number of carbonyl (C=O) groups is 1. The number of hydrogen-bond acceptors (Lipinski definition) is 5. The minimum Gasteiger partial charge on any atom is -0.447 e. The van der Waals surface area contributed by atoms with Gasteiger partial charge in [0.05, 0.1) is 6.54 Å². The molecule has 1 aromatic heterocycles. The topological polar surface area (TPSA) is 61.6 Å². The Kier molecular flexibility index (Phi) is 7.49. The molecule has 0 aliphatic carbocycles. The molecule has 1 aliphatic rings. The van der Waals surface area contributed by atoms with Gasteiger partial charge < -0.3 is 9.73 Å². The highest BCUT2D eigenvalue weighted by Crippen LogP contribution is 2.22. The van der Waals surface area contributed by atoms with Crippen molar-refractivity contribution in [2.75, 3.05) is 26.2 Å². The van der Waals surface area contributed by atoms with E-state index in [2.05, 4.69) is 71.2 Å². The molecule has 1 saturated heterocycles. The van der Waals surface area contributed by atoms with Gasteiger partial charge in [-0.15, -0.1) is 0 Å². The van der Waals surface area contributed by atoms with E-state index in [0.29, 0.717) is 24.7 Å². The Morgan fingerprint density at radius 2 is 1.65 bits per heavy atom. The SMILES string of the molecule is Cc1cccc(CNC(=O)c2coc(CN3CCN(Cc4ccc(C(C)(C)C)cc4)CC3)n2)c1. The number of benzene rings is 2. The van der Waals surface area contributed by atoms with Crippen LogP contribution in [0.25, 0.3) is 0 Å². The Labute approximate surface area is 203 Å². The fourth-order valence-electron chi connectivity index (χ4n) is 4.25. The first kappa shape index (κ1) is 24.2. The smallest absolute Gasteiger partial charge is 0.273 e. The van der Waals surface area contributed by atoms with Crippen LogP contribution in [0.3, 0.4) is 0 Å². The van der Waals surface area contributed by atoms with Crippen molar-refractivity contribution in [1.82, 2.24) is 20.1 Å². The third-order valence-corrected chi connectivity index (χ3v) is 6.37. The summed E-state index contributed by atoms with van der Waals surface area (Å²) in [6.45, 7) is 14.8. The van der Waals surface area contributed by atoms with Crippen molar-refractivity contribution in [2.45, 2.75) is 52.7 Å². The van der Waals surface area contributed by atoms with Gasteiger partial charge in [-0.05, 0) is 29.0 Å². The van der Waals surface area contributed by atoms with Crippen LogP contribution in [0.5, 0.6) is 0 Å². The first-order chi connectivity index (χ1) is 16.3. The van der Waals surface area contributed by atoms with Gasteiger partial charge in [-0.2, -0.15) is 0 Å². The maximum absolute atomic E-state index is 12.4. The van der Waals surface area contributed by atoms with Crippen LogP contribution in [0.2, 0.25) is 0 Å². The molecule has 4 rings (SSSR count). The van der Waals surface area contributed by atoms with Crippen LogP contribution in [-0.4, -0.2) is 46.9 Å². The van der Waals surface area contributed by atoms with E-state index in [1.807, 2.05) is 25.1 Å². The molecular weight excluding hydrogens is 424 g/mol. The van der Waals surface area contributed by atoms with E-state index < -0.39 is 0 Å². The summed E-state index contributed by atoms with van der Waals surface area (Å²) in [5.41, 5.74) is 5.49. The highest BCUT2D eigenvalue weighted by molar-refractivity contribution is 5.91. The second-order valence-corrected chi connectivity index (χ2v) is 10.3. The van der Waals surface area contributed by atoms with Gasteiger partial charge in [-0.25, -0.2) is 4.98 Å². The molecule has 2 aromatic carbocycles. The van der Waals surface area contributed by atoms with Crippen molar-refractivity contribution in [2.24, 2.45) is 0 Å². The lowest BCUT2D eigenvalue weighted by Gasteiger charge is -2.34. The average Bonchev–Trinajstić information content (AvgIpc) is 3.27. The van der Waals surface area contributed by atoms with Crippen molar-refractivity contribution in [3.8, 4) is 0 Å². The molecule has 180 valence electrons.